The zero-order chi connectivity index (χ0) is 15.4. The average molecular weight is 289 g/mol. The summed E-state index contributed by atoms with van der Waals surface area (Å²) in [5, 5.41) is 12.4. The van der Waals surface area contributed by atoms with Gasteiger partial charge in [-0.05, 0) is 30.7 Å². The van der Waals surface area contributed by atoms with Gasteiger partial charge in [-0.3, -0.25) is 9.36 Å². The first-order valence-corrected chi connectivity index (χ1v) is 6.73. The second kappa shape index (κ2) is 6.41. The Hall–Kier alpha value is -2.34. The summed E-state index contributed by atoms with van der Waals surface area (Å²) in [6.07, 6.45) is 2.37. The summed E-state index contributed by atoms with van der Waals surface area (Å²) in [5.74, 6) is 0.250. The van der Waals surface area contributed by atoms with E-state index in [0.29, 0.717) is 18.7 Å². The van der Waals surface area contributed by atoms with E-state index in [4.69, 9.17) is 0 Å². The van der Waals surface area contributed by atoms with Crippen LogP contribution in [0.2, 0.25) is 0 Å². The van der Waals surface area contributed by atoms with E-state index < -0.39 is 0 Å². The predicted octanol–water partition coefficient (Wildman–Crippen LogP) is 0.122. The number of aromatic hydroxyl groups is 1. The summed E-state index contributed by atoms with van der Waals surface area (Å²) < 4.78 is 2.51. The maximum atomic E-state index is 11.9. The minimum atomic E-state index is -0.326. The summed E-state index contributed by atoms with van der Waals surface area (Å²) in [5.41, 5.74) is 1.07. The molecule has 1 heterocycles. The van der Waals surface area contributed by atoms with E-state index in [1.165, 1.54) is 11.6 Å². The molecule has 0 aliphatic carbocycles. The predicted molar refractivity (Wildman–Crippen MR) is 80.4 cm³/mol. The van der Waals surface area contributed by atoms with Crippen molar-refractivity contribution < 1.29 is 5.11 Å². The van der Waals surface area contributed by atoms with Crippen molar-refractivity contribution in [1.82, 2.24) is 14.5 Å². The van der Waals surface area contributed by atoms with Crippen molar-refractivity contribution in [3.8, 4) is 5.75 Å². The molecule has 0 bridgehead atoms. The number of aromatic nitrogens is 2. The normalized spacial score (nSPS) is 10.8. The third kappa shape index (κ3) is 3.61. The van der Waals surface area contributed by atoms with Crippen LogP contribution >= 0.6 is 0 Å². The number of hydrogen-bond donors (Lipinski definition) is 2. The molecule has 2 rings (SSSR count). The van der Waals surface area contributed by atoms with Crippen LogP contribution in [0.4, 0.5) is 0 Å². The molecular weight excluding hydrogens is 270 g/mol. The molecule has 0 spiro atoms. The van der Waals surface area contributed by atoms with Gasteiger partial charge in [-0.2, -0.15) is 0 Å². The second-order valence-corrected chi connectivity index (χ2v) is 5.01. The molecule has 21 heavy (non-hydrogen) atoms. The lowest BCUT2D eigenvalue weighted by molar-refractivity contribution is 0.475. The minimum Gasteiger partial charge on any atom is -0.508 e. The lowest BCUT2D eigenvalue weighted by atomic mass is 10.1. The topological polar surface area (TPSA) is 76.3 Å². The zero-order valence-electron chi connectivity index (χ0n) is 12.2. The molecule has 1 aromatic heterocycles. The number of rotatable bonds is 5. The summed E-state index contributed by atoms with van der Waals surface area (Å²) in [7, 11) is 3.10. The van der Waals surface area contributed by atoms with E-state index in [2.05, 4.69) is 5.32 Å². The molecular formula is C15H19N3O3. The number of phenolic OH excluding ortho intramolecular Hbond substituents is 1. The quantitative estimate of drug-likeness (QED) is 0.767. The Labute approximate surface area is 122 Å². The van der Waals surface area contributed by atoms with Gasteiger partial charge in [0.25, 0.3) is 5.56 Å². The molecule has 2 aromatic rings. The van der Waals surface area contributed by atoms with Gasteiger partial charge in [-0.1, -0.05) is 12.1 Å². The van der Waals surface area contributed by atoms with Crippen molar-refractivity contribution in [2.45, 2.75) is 13.0 Å². The van der Waals surface area contributed by atoms with E-state index >= 15 is 0 Å². The average Bonchev–Trinajstić information content (AvgIpc) is 2.48. The van der Waals surface area contributed by atoms with Gasteiger partial charge < -0.3 is 15.0 Å². The van der Waals surface area contributed by atoms with Crippen LogP contribution < -0.4 is 16.6 Å². The number of benzene rings is 1. The fourth-order valence-corrected chi connectivity index (χ4v) is 2.12. The Kier molecular flexibility index (Phi) is 4.59. The molecule has 1 aromatic carbocycles. The summed E-state index contributed by atoms with van der Waals surface area (Å²) >= 11 is 0. The highest BCUT2D eigenvalue weighted by atomic mass is 16.3. The summed E-state index contributed by atoms with van der Waals surface area (Å²) in [4.78, 5) is 23.5. The van der Waals surface area contributed by atoms with Crippen LogP contribution in [0.15, 0.2) is 40.1 Å². The van der Waals surface area contributed by atoms with E-state index in [-0.39, 0.29) is 17.0 Å². The summed E-state index contributed by atoms with van der Waals surface area (Å²) in [6, 6.07) is 7.03. The zero-order valence-corrected chi connectivity index (χ0v) is 12.2. The molecule has 0 fully saturated rings. The first kappa shape index (κ1) is 15.1. The minimum absolute atomic E-state index is 0.250. The molecule has 0 saturated heterocycles. The maximum Gasteiger partial charge on any atom is 0.330 e. The van der Waals surface area contributed by atoms with Crippen molar-refractivity contribution in [3.05, 3.63) is 62.4 Å². The van der Waals surface area contributed by atoms with Gasteiger partial charge in [0.05, 0.1) is 0 Å². The molecule has 0 unspecified atom stereocenters. The second-order valence-electron chi connectivity index (χ2n) is 5.01. The van der Waals surface area contributed by atoms with Gasteiger partial charge in [0, 0.05) is 32.4 Å². The molecule has 2 N–H and O–H groups in total. The lowest BCUT2D eigenvalue weighted by Crippen LogP contribution is -2.39. The Morgan fingerprint density at radius 3 is 2.48 bits per heavy atom. The molecule has 0 atom stereocenters. The van der Waals surface area contributed by atoms with E-state index in [0.717, 1.165) is 16.6 Å². The Balaban J connectivity index is 1.94. The van der Waals surface area contributed by atoms with Gasteiger partial charge in [0.1, 0.15) is 5.75 Å². The van der Waals surface area contributed by atoms with Crippen LogP contribution in [0.3, 0.4) is 0 Å². The highest BCUT2D eigenvalue weighted by Crippen LogP contribution is 2.09. The highest BCUT2D eigenvalue weighted by molar-refractivity contribution is 5.26. The molecule has 0 saturated carbocycles. The number of hydrogen-bond acceptors (Lipinski definition) is 4. The smallest absolute Gasteiger partial charge is 0.330 e. The Morgan fingerprint density at radius 2 is 1.81 bits per heavy atom. The van der Waals surface area contributed by atoms with Crippen molar-refractivity contribution in [2.24, 2.45) is 14.1 Å². The van der Waals surface area contributed by atoms with Crippen LogP contribution in [0.1, 0.15) is 11.1 Å². The van der Waals surface area contributed by atoms with Gasteiger partial charge in [-0.25, -0.2) is 4.79 Å². The Morgan fingerprint density at radius 1 is 1.14 bits per heavy atom. The van der Waals surface area contributed by atoms with Crippen LogP contribution in [0.25, 0.3) is 0 Å². The first-order chi connectivity index (χ1) is 9.99. The van der Waals surface area contributed by atoms with Crippen LogP contribution in [-0.2, 0) is 27.1 Å². The lowest BCUT2D eigenvalue weighted by Gasteiger charge is -2.08. The highest BCUT2D eigenvalue weighted by Gasteiger charge is 2.06. The number of nitrogens with one attached hydrogen (secondary N) is 1. The van der Waals surface area contributed by atoms with Crippen molar-refractivity contribution in [1.29, 1.82) is 0 Å². The monoisotopic (exact) mass is 289 g/mol. The maximum absolute atomic E-state index is 11.9. The van der Waals surface area contributed by atoms with Gasteiger partial charge in [0.15, 0.2) is 0 Å². The first-order valence-electron chi connectivity index (χ1n) is 6.73. The molecule has 6 heteroatoms. The molecule has 0 aliphatic rings. The number of aryl methyl sites for hydroxylation is 1. The molecule has 0 aliphatic heterocycles. The number of phenols is 1. The van der Waals surface area contributed by atoms with Gasteiger partial charge in [0.2, 0.25) is 0 Å². The van der Waals surface area contributed by atoms with Gasteiger partial charge >= 0.3 is 5.69 Å². The fraction of sp³-hybridized carbons (Fsp3) is 0.333. The van der Waals surface area contributed by atoms with E-state index in [9.17, 15) is 14.7 Å². The largest absolute Gasteiger partial charge is 0.508 e. The van der Waals surface area contributed by atoms with Crippen molar-refractivity contribution >= 4 is 0 Å². The van der Waals surface area contributed by atoms with Crippen molar-refractivity contribution in [3.63, 3.8) is 0 Å². The third-order valence-corrected chi connectivity index (χ3v) is 3.36. The van der Waals surface area contributed by atoms with Crippen LogP contribution in [0, 0.1) is 0 Å². The van der Waals surface area contributed by atoms with Crippen LogP contribution in [0.5, 0.6) is 5.75 Å². The van der Waals surface area contributed by atoms with Crippen LogP contribution in [-0.4, -0.2) is 20.8 Å². The molecule has 0 amide bonds. The molecule has 0 radical (unpaired) electrons. The standard InChI is InChI=1S/C15H19N3O3/c1-17-10-12(14(20)18(2)15(17)21)9-16-8-7-11-3-5-13(19)6-4-11/h3-6,10,16,19H,7-9H2,1-2H3. The van der Waals surface area contributed by atoms with E-state index in [1.54, 1.807) is 25.4 Å². The fourth-order valence-electron chi connectivity index (χ4n) is 2.12. The van der Waals surface area contributed by atoms with Gasteiger partial charge in [-0.15, -0.1) is 0 Å². The SMILES string of the molecule is Cn1cc(CNCCc2ccc(O)cc2)c(=O)n(C)c1=O. The summed E-state index contributed by atoms with van der Waals surface area (Å²) in [6.45, 7) is 1.12. The van der Waals surface area contributed by atoms with E-state index in [1.807, 2.05) is 12.1 Å². The third-order valence-electron chi connectivity index (χ3n) is 3.36. The molecule has 6 nitrogen and oxygen atoms in total. The Bertz CT molecular complexity index is 729. The molecule has 112 valence electrons. The number of nitrogens with zero attached hydrogens (tertiary/aromatic N) is 2. The van der Waals surface area contributed by atoms with Crippen molar-refractivity contribution in [2.75, 3.05) is 6.54 Å².